The van der Waals surface area contributed by atoms with Crippen molar-refractivity contribution in [3.63, 3.8) is 0 Å². The molecule has 0 aliphatic rings. The molecule has 0 fully saturated rings. The van der Waals surface area contributed by atoms with Crippen LogP contribution in [0.2, 0.25) is 0 Å². The fourth-order valence-electron chi connectivity index (χ4n) is 7.04. The van der Waals surface area contributed by atoms with Gasteiger partial charge in [-0.05, 0) is 40.6 Å². The highest BCUT2D eigenvalue weighted by Crippen LogP contribution is 2.44. The zero-order chi connectivity index (χ0) is 32.1. The lowest BCUT2D eigenvalue weighted by molar-refractivity contribution is 0.592. The Morgan fingerprint density at radius 1 is 0.438 bits per heavy atom. The van der Waals surface area contributed by atoms with Crippen molar-refractivity contribution in [2.45, 2.75) is 0 Å². The molecule has 7 aromatic carbocycles. The Morgan fingerprint density at radius 2 is 1.00 bits per heavy atom. The van der Waals surface area contributed by atoms with Crippen LogP contribution in [-0.2, 0) is 4.57 Å². The number of aromatic nitrogens is 2. The maximum absolute atomic E-state index is 15.1. The van der Waals surface area contributed by atoms with E-state index in [1.807, 2.05) is 97.2 Å². The third-order valence-electron chi connectivity index (χ3n) is 9.35. The summed E-state index contributed by atoms with van der Waals surface area (Å²) in [5.74, 6) is 0. The fraction of sp³-hybridized carbons (Fsp3) is 0. The topological polar surface area (TPSA) is 42.9 Å². The van der Waals surface area contributed by atoms with Gasteiger partial charge in [-0.3, -0.25) is 4.98 Å². The van der Waals surface area contributed by atoms with Crippen LogP contribution in [0.4, 0.5) is 0 Å². The van der Waals surface area contributed by atoms with Gasteiger partial charge in [0, 0.05) is 54.8 Å². The monoisotopic (exact) mass is 632 g/mol. The van der Waals surface area contributed by atoms with Crippen LogP contribution in [0.5, 0.6) is 0 Å². The minimum absolute atomic E-state index is 0.794. The van der Waals surface area contributed by atoms with Gasteiger partial charge in [0.1, 0.15) is 0 Å². The van der Waals surface area contributed by atoms with Gasteiger partial charge in [0.15, 0.2) is 7.14 Å². The number of para-hydroxylation sites is 2. The third kappa shape index (κ3) is 4.55. The van der Waals surface area contributed by atoms with E-state index in [1.54, 1.807) is 0 Å². The first kappa shape index (κ1) is 28.3. The standard InChI is InChI=1S/C44H29N2OP/c47-48(33-14-3-1-4-15-33,34-16-5-2-6-17-34)35-25-23-30(24-26-35)44-40-28-39(32-27-31-13-7-11-21-41(31)45-29-32)36-18-8-9-19-37(36)43(40)38-20-10-12-22-42(38)46-44/h1-29H. The molecule has 0 aliphatic heterocycles. The Bertz CT molecular complexity index is 2640. The average molecular weight is 633 g/mol. The molecule has 4 heteroatoms. The molecule has 9 rings (SSSR count). The summed E-state index contributed by atoms with van der Waals surface area (Å²) in [5.41, 5.74) is 5.96. The minimum Gasteiger partial charge on any atom is -0.309 e. The molecule has 3 nitrogen and oxygen atoms in total. The van der Waals surface area contributed by atoms with E-state index in [1.165, 1.54) is 16.2 Å². The van der Waals surface area contributed by atoms with Crippen LogP contribution in [0.3, 0.4) is 0 Å². The van der Waals surface area contributed by atoms with Gasteiger partial charge in [0.05, 0.1) is 16.7 Å². The van der Waals surface area contributed by atoms with Crippen molar-refractivity contribution in [2.24, 2.45) is 0 Å². The Balaban J connectivity index is 1.30. The molecule has 48 heavy (non-hydrogen) atoms. The molecule has 9 aromatic rings. The quantitative estimate of drug-likeness (QED) is 0.140. The van der Waals surface area contributed by atoms with Gasteiger partial charge < -0.3 is 4.57 Å². The Hall–Kier alpha value is -5.89. The van der Waals surface area contributed by atoms with Crippen LogP contribution < -0.4 is 15.9 Å². The molecule has 0 unspecified atom stereocenters. The second-order valence-electron chi connectivity index (χ2n) is 12.1. The highest BCUT2D eigenvalue weighted by atomic mass is 31.2. The van der Waals surface area contributed by atoms with Gasteiger partial charge in [0.2, 0.25) is 0 Å². The van der Waals surface area contributed by atoms with Gasteiger partial charge in [-0.15, -0.1) is 0 Å². The second-order valence-corrected chi connectivity index (χ2v) is 14.9. The number of nitrogens with zero attached hydrogens (tertiary/aromatic N) is 2. The smallest absolute Gasteiger partial charge is 0.171 e. The minimum atomic E-state index is -3.10. The van der Waals surface area contributed by atoms with Crippen LogP contribution >= 0.6 is 7.14 Å². The normalized spacial score (nSPS) is 11.8. The van der Waals surface area contributed by atoms with Crippen molar-refractivity contribution in [1.82, 2.24) is 9.97 Å². The number of pyridine rings is 2. The van der Waals surface area contributed by atoms with Gasteiger partial charge in [-0.2, -0.15) is 0 Å². The van der Waals surface area contributed by atoms with Gasteiger partial charge in [-0.25, -0.2) is 4.98 Å². The lowest BCUT2D eigenvalue weighted by Gasteiger charge is -2.20. The molecular formula is C44H29N2OP. The SMILES string of the molecule is O=P(c1ccccc1)(c1ccccc1)c1ccc(-c2nc3ccccc3c3c2cc(-c2cnc4ccccc4c2)c2ccccc23)cc1. The van der Waals surface area contributed by atoms with E-state index >= 15 is 4.57 Å². The van der Waals surface area contributed by atoms with Crippen LogP contribution in [0.15, 0.2) is 176 Å². The molecule has 0 spiro atoms. The predicted molar refractivity (Wildman–Crippen MR) is 202 cm³/mol. The lowest BCUT2D eigenvalue weighted by atomic mass is 9.90. The van der Waals surface area contributed by atoms with E-state index in [9.17, 15) is 0 Å². The molecule has 0 saturated carbocycles. The highest BCUT2D eigenvalue weighted by molar-refractivity contribution is 7.85. The molecule has 2 aromatic heterocycles. The first-order valence-electron chi connectivity index (χ1n) is 16.1. The molecule has 0 bridgehead atoms. The third-order valence-corrected chi connectivity index (χ3v) is 12.4. The summed E-state index contributed by atoms with van der Waals surface area (Å²) < 4.78 is 15.1. The van der Waals surface area contributed by atoms with Gasteiger partial charge in [-0.1, -0.05) is 146 Å². The maximum atomic E-state index is 15.1. The molecule has 0 saturated heterocycles. The molecule has 226 valence electrons. The van der Waals surface area contributed by atoms with Crippen molar-refractivity contribution in [3.8, 4) is 22.4 Å². The van der Waals surface area contributed by atoms with E-state index in [-0.39, 0.29) is 0 Å². The van der Waals surface area contributed by atoms with Crippen molar-refractivity contribution >= 4 is 66.4 Å². The van der Waals surface area contributed by atoms with Crippen molar-refractivity contribution in [2.75, 3.05) is 0 Å². The van der Waals surface area contributed by atoms with E-state index < -0.39 is 7.14 Å². The lowest BCUT2D eigenvalue weighted by Crippen LogP contribution is -2.24. The number of fused-ring (bicyclic) bond motifs is 6. The number of benzene rings is 7. The van der Waals surface area contributed by atoms with Crippen LogP contribution in [0.1, 0.15) is 0 Å². The van der Waals surface area contributed by atoms with E-state index in [0.29, 0.717) is 0 Å². The molecule has 0 radical (unpaired) electrons. The zero-order valence-corrected chi connectivity index (χ0v) is 26.9. The first-order chi connectivity index (χ1) is 23.7. The molecule has 0 atom stereocenters. The van der Waals surface area contributed by atoms with Crippen LogP contribution in [-0.4, -0.2) is 9.97 Å². The van der Waals surface area contributed by atoms with E-state index in [0.717, 1.165) is 65.5 Å². The van der Waals surface area contributed by atoms with Crippen molar-refractivity contribution in [1.29, 1.82) is 0 Å². The zero-order valence-electron chi connectivity index (χ0n) is 26.0. The summed E-state index contributed by atoms with van der Waals surface area (Å²) in [6.45, 7) is 0. The molecular weight excluding hydrogens is 603 g/mol. The Labute approximate surface area is 278 Å². The van der Waals surface area contributed by atoms with Crippen molar-refractivity contribution < 1.29 is 4.57 Å². The summed E-state index contributed by atoms with van der Waals surface area (Å²) in [6, 6.07) is 57.6. The van der Waals surface area contributed by atoms with E-state index in [2.05, 4.69) is 78.9 Å². The fourth-order valence-corrected chi connectivity index (χ4v) is 9.69. The first-order valence-corrected chi connectivity index (χ1v) is 17.8. The summed E-state index contributed by atoms with van der Waals surface area (Å²) in [4.78, 5) is 10.1. The molecule has 0 aliphatic carbocycles. The van der Waals surface area contributed by atoms with Gasteiger partial charge in [0.25, 0.3) is 0 Å². The predicted octanol–water partition coefficient (Wildman–Crippen LogP) is 10.1. The van der Waals surface area contributed by atoms with Gasteiger partial charge >= 0.3 is 0 Å². The summed E-state index contributed by atoms with van der Waals surface area (Å²) >= 11 is 0. The number of rotatable bonds is 5. The molecule has 0 amide bonds. The largest absolute Gasteiger partial charge is 0.309 e. The number of hydrogen-bond donors (Lipinski definition) is 0. The highest BCUT2D eigenvalue weighted by Gasteiger charge is 2.29. The number of hydrogen-bond acceptors (Lipinski definition) is 3. The van der Waals surface area contributed by atoms with Crippen LogP contribution in [0.25, 0.3) is 65.7 Å². The maximum Gasteiger partial charge on any atom is 0.171 e. The van der Waals surface area contributed by atoms with Crippen molar-refractivity contribution in [3.05, 3.63) is 176 Å². The van der Waals surface area contributed by atoms with E-state index in [4.69, 9.17) is 9.97 Å². The second kappa shape index (κ2) is 11.4. The van der Waals surface area contributed by atoms with Crippen LogP contribution in [0, 0.1) is 0 Å². The summed E-state index contributed by atoms with van der Waals surface area (Å²) in [7, 11) is -3.10. The molecule has 2 heterocycles. The molecule has 0 N–H and O–H groups in total. The summed E-state index contributed by atoms with van der Waals surface area (Å²) in [6.07, 6.45) is 1.98. The Kier molecular flexibility index (Phi) is 6.74. The summed E-state index contributed by atoms with van der Waals surface area (Å²) in [5, 5.41) is 9.24. The average Bonchev–Trinajstić information content (AvgIpc) is 3.17. The Morgan fingerprint density at radius 3 is 1.71 bits per heavy atom.